The molecule has 0 aliphatic heterocycles. The van der Waals surface area contributed by atoms with E-state index in [1.807, 2.05) is 61.0 Å². The highest BCUT2D eigenvalue weighted by atomic mass is 16.3. The molecule has 118 valence electrons. The van der Waals surface area contributed by atoms with Crippen LogP contribution in [0.2, 0.25) is 0 Å². The summed E-state index contributed by atoms with van der Waals surface area (Å²) in [5, 5.41) is 0. The van der Waals surface area contributed by atoms with E-state index in [4.69, 9.17) is 4.42 Å². The fourth-order valence-electron chi connectivity index (χ4n) is 2.33. The largest absolute Gasteiger partial charge is 0.444 e. The maximum absolute atomic E-state index is 12.1. The van der Waals surface area contributed by atoms with Crippen LogP contribution in [0, 0.1) is 0 Å². The minimum Gasteiger partial charge on any atom is -0.444 e. The SMILES string of the molecule is CCN(CC)C(=O)CN(C)Cc1coc(-c2ccccc2)n1. The van der Waals surface area contributed by atoms with Crippen LogP contribution in [0.4, 0.5) is 0 Å². The molecular formula is C17H23N3O2. The Labute approximate surface area is 131 Å². The predicted molar refractivity (Wildman–Crippen MR) is 86.2 cm³/mol. The van der Waals surface area contributed by atoms with Gasteiger partial charge in [0.25, 0.3) is 0 Å². The third-order valence-corrected chi connectivity index (χ3v) is 3.53. The minimum absolute atomic E-state index is 0.138. The van der Waals surface area contributed by atoms with Crippen LogP contribution in [0.1, 0.15) is 19.5 Å². The standard InChI is InChI=1S/C17H23N3O2/c1-4-20(5-2)16(21)12-19(3)11-15-13-22-17(18-15)14-9-7-6-8-10-14/h6-10,13H,4-5,11-12H2,1-3H3. The van der Waals surface area contributed by atoms with E-state index >= 15 is 0 Å². The molecule has 0 spiro atoms. The number of aromatic nitrogens is 1. The lowest BCUT2D eigenvalue weighted by atomic mass is 10.2. The van der Waals surface area contributed by atoms with Gasteiger partial charge in [-0.05, 0) is 33.0 Å². The topological polar surface area (TPSA) is 49.6 Å². The summed E-state index contributed by atoms with van der Waals surface area (Å²) in [6, 6.07) is 9.79. The molecule has 0 aliphatic carbocycles. The number of benzene rings is 1. The van der Waals surface area contributed by atoms with Crippen LogP contribution in [-0.4, -0.2) is 47.4 Å². The van der Waals surface area contributed by atoms with Gasteiger partial charge in [-0.15, -0.1) is 0 Å². The molecule has 0 aliphatic rings. The molecule has 5 heteroatoms. The predicted octanol–water partition coefficient (Wildman–Crippen LogP) is 2.64. The highest BCUT2D eigenvalue weighted by Gasteiger charge is 2.14. The molecule has 0 bridgehead atoms. The first kappa shape index (κ1) is 16.2. The summed E-state index contributed by atoms with van der Waals surface area (Å²) < 4.78 is 5.51. The van der Waals surface area contributed by atoms with Gasteiger partial charge in [0.1, 0.15) is 6.26 Å². The van der Waals surface area contributed by atoms with E-state index in [-0.39, 0.29) is 5.91 Å². The summed E-state index contributed by atoms with van der Waals surface area (Å²) >= 11 is 0. The van der Waals surface area contributed by atoms with Gasteiger partial charge in [-0.2, -0.15) is 0 Å². The molecule has 2 aromatic rings. The first-order valence-corrected chi connectivity index (χ1v) is 7.60. The summed E-state index contributed by atoms with van der Waals surface area (Å²) in [5.41, 5.74) is 1.78. The van der Waals surface area contributed by atoms with Crippen LogP contribution >= 0.6 is 0 Å². The van der Waals surface area contributed by atoms with Crippen molar-refractivity contribution < 1.29 is 9.21 Å². The van der Waals surface area contributed by atoms with Gasteiger partial charge in [0.15, 0.2) is 0 Å². The molecule has 1 amide bonds. The average molecular weight is 301 g/mol. The van der Waals surface area contributed by atoms with Crippen LogP contribution in [0.3, 0.4) is 0 Å². The Morgan fingerprint density at radius 3 is 2.50 bits per heavy atom. The zero-order valence-corrected chi connectivity index (χ0v) is 13.5. The van der Waals surface area contributed by atoms with Crippen LogP contribution < -0.4 is 0 Å². The molecule has 1 aromatic carbocycles. The number of hydrogen-bond donors (Lipinski definition) is 0. The second-order valence-electron chi connectivity index (χ2n) is 5.25. The number of carbonyl (C=O) groups is 1. The van der Waals surface area contributed by atoms with Crippen molar-refractivity contribution in [1.82, 2.24) is 14.8 Å². The highest BCUT2D eigenvalue weighted by molar-refractivity contribution is 5.78. The fourth-order valence-corrected chi connectivity index (χ4v) is 2.33. The Morgan fingerprint density at radius 2 is 1.86 bits per heavy atom. The van der Waals surface area contributed by atoms with Crippen LogP contribution in [0.15, 0.2) is 41.0 Å². The normalized spacial score (nSPS) is 10.9. The molecular weight excluding hydrogens is 278 g/mol. The smallest absolute Gasteiger partial charge is 0.236 e. The first-order valence-electron chi connectivity index (χ1n) is 7.60. The number of hydrogen-bond acceptors (Lipinski definition) is 4. The molecule has 0 radical (unpaired) electrons. The number of likely N-dealkylation sites (N-methyl/N-ethyl adjacent to an activating group) is 2. The van der Waals surface area contributed by atoms with Gasteiger partial charge in [0, 0.05) is 25.2 Å². The average Bonchev–Trinajstić information content (AvgIpc) is 2.97. The maximum atomic E-state index is 12.1. The summed E-state index contributed by atoms with van der Waals surface area (Å²) in [5.74, 6) is 0.748. The molecule has 1 aromatic heterocycles. The van der Waals surface area contributed by atoms with Crippen molar-refractivity contribution in [2.75, 3.05) is 26.7 Å². The van der Waals surface area contributed by atoms with Gasteiger partial charge in [-0.25, -0.2) is 4.98 Å². The quantitative estimate of drug-likeness (QED) is 0.789. The molecule has 5 nitrogen and oxygen atoms in total. The Morgan fingerprint density at radius 1 is 1.18 bits per heavy atom. The monoisotopic (exact) mass is 301 g/mol. The number of oxazole rings is 1. The zero-order chi connectivity index (χ0) is 15.9. The highest BCUT2D eigenvalue weighted by Crippen LogP contribution is 2.18. The Kier molecular flexibility index (Phi) is 5.72. The van der Waals surface area contributed by atoms with E-state index in [2.05, 4.69) is 4.98 Å². The van der Waals surface area contributed by atoms with E-state index in [0.29, 0.717) is 19.0 Å². The summed E-state index contributed by atoms with van der Waals surface area (Å²) in [6.45, 7) is 6.44. The van der Waals surface area contributed by atoms with Crippen molar-refractivity contribution in [2.24, 2.45) is 0 Å². The number of carbonyl (C=O) groups excluding carboxylic acids is 1. The molecule has 0 saturated heterocycles. The van der Waals surface area contributed by atoms with E-state index < -0.39 is 0 Å². The van der Waals surface area contributed by atoms with Crippen LogP contribution in [0.25, 0.3) is 11.5 Å². The molecule has 2 rings (SSSR count). The molecule has 1 heterocycles. The molecule has 0 atom stereocenters. The lowest BCUT2D eigenvalue weighted by Gasteiger charge is -2.22. The van der Waals surface area contributed by atoms with E-state index in [1.54, 1.807) is 6.26 Å². The third kappa shape index (κ3) is 4.18. The van der Waals surface area contributed by atoms with Crippen molar-refractivity contribution in [1.29, 1.82) is 0 Å². The van der Waals surface area contributed by atoms with E-state index in [1.165, 1.54) is 0 Å². The molecule has 22 heavy (non-hydrogen) atoms. The summed E-state index contributed by atoms with van der Waals surface area (Å²) in [6.07, 6.45) is 1.65. The number of nitrogens with zero attached hydrogens (tertiary/aromatic N) is 3. The Bertz CT molecular complexity index is 591. The first-order chi connectivity index (χ1) is 10.6. The zero-order valence-electron chi connectivity index (χ0n) is 13.5. The summed E-state index contributed by atoms with van der Waals surface area (Å²) in [7, 11) is 1.91. The molecule has 0 unspecified atom stereocenters. The third-order valence-electron chi connectivity index (χ3n) is 3.53. The van der Waals surface area contributed by atoms with Crippen molar-refractivity contribution in [2.45, 2.75) is 20.4 Å². The van der Waals surface area contributed by atoms with Crippen molar-refractivity contribution in [3.63, 3.8) is 0 Å². The van der Waals surface area contributed by atoms with Gasteiger partial charge in [0.2, 0.25) is 11.8 Å². The van der Waals surface area contributed by atoms with Gasteiger partial charge in [-0.1, -0.05) is 18.2 Å². The Balaban J connectivity index is 1.94. The second kappa shape index (κ2) is 7.75. The van der Waals surface area contributed by atoms with Crippen LogP contribution in [-0.2, 0) is 11.3 Å². The fraction of sp³-hybridized carbons (Fsp3) is 0.412. The van der Waals surface area contributed by atoms with Gasteiger partial charge in [-0.3, -0.25) is 9.69 Å². The van der Waals surface area contributed by atoms with Gasteiger partial charge in [0.05, 0.1) is 12.2 Å². The van der Waals surface area contributed by atoms with E-state index in [9.17, 15) is 4.79 Å². The minimum atomic E-state index is 0.138. The summed E-state index contributed by atoms with van der Waals surface area (Å²) in [4.78, 5) is 20.3. The number of amides is 1. The lowest BCUT2D eigenvalue weighted by molar-refractivity contribution is -0.131. The van der Waals surface area contributed by atoms with Gasteiger partial charge >= 0.3 is 0 Å². The lowest BCUT2D eigenvalue weighted by Crippen LogP contribution is -2.38. The second-order valence-corrected chi connectivity index (χ2v) is 5.25. The molecule has 0 N–H and O–H groups in total. The van der Waals surface area contributed by atoms with Crippen molar-refractivity contribution in [3.8, 4) is 11.5 Å². The molecule has 0 fully saturated rings. The molecule has 0 saturated carbocycles. The Hall–Kier alpha value is -2.14. The maximum Gasteiger partial charge on any atom is 0.236 e. The van der Waals surface area contributed by atoms with Crippen LogP contribution in [0.5, 0.6) is 0 Å². The van der Waals surface area contributed by atoms with Crippen molar-refractivity contribution >= 4 is 5.91 Å². The van der Waals surface area contributed by atoms with E-state index in [0.717, 1.165) is 24.3 Å². The van der Waals surface area contributed by atoms with Crippen molar-refractivity contribution in [3.05, 3.63) is 42.3 Å². The van der Waals surface area contributed by atoms with Gasteiger partial charge < -0.3 is 9.32 Å². The number of rotatable bonds is 7.